The standard InChI is InChI=1S/C12H18ClN3/c1-9-6-4-3-5-7-16(9)12-8-11(13)14-10(2)15-12/h8-9H,3-7H2,1-2H3. The van der Waals surface area contributed by atoms with Gasteiger partial charge in [0.2, 0.25) is 0 Å². The van der Waals surface area contributed by atoms with Crippen molar-refractivity contribution in [2.45, 2.75) is 45.6 Å². The van der Waals surface area contributed by atoms with E-state index in [1.165, 1.54) is 25.7 Å². The quantitative estimate of drug-likeness (QED) is 0.705. The summed E-state index contributed by atoms with van der Waals surface area (Å²) in [6.45, 7) is 5.22. The Bertz CT molecular complexity index is 347. The Hall–Kier alpha value is -0.830. The van der Waals surface area contributed by atoms with Crippen LogP contribution in [0.5, 0.6) is 0 Å². The number of hydrogen-bond donors (Lipinski definition) is 0. The van der Waals surface area contributed by atoms with E-state index in [1.54, 1.807) is 0 Å². The lowest BCUT2D eigenvalue weighted by molar-refractivity contribution is 0.610. The third-order valence-electron chi connectivity index (χ3n) is 3.14. The van der Waals surface area contributed by atoms with Crippen LogP contribution in [0.2, 0.25) is 5.15 Å². The van der Waals surface area contributed by atoms with Crippen molar-refractivity contribution < 1.29 is 0 Å². The van der Waals surface area contributed by atoms with Crippen molar-refractivity contribution in [3.05, 3.63) is 17.0 Å². The summed E-state index contributed by atoms with van der Waals surface area (Å²) in [7, 11) is 0. The Morgan fingerprint density at radius 3 is 2.88 bits per heavy atom. The topological polar surface area (TPSA) is 29.0 Å². The average Bonchev–Trinajstić information content (AvgIpc) is 2.41. The Morgan fingerprint density at radius 2 is 2.12 bits per heavy atom. The van der Waals surface area contributed by atoms with Gasteiger partial charge in [-0.2, -0.15) is 0 Å². The molecule has 4 heteroatoms. The van der Waals surface area contributed by atoms with Crippen LogP contribution in [0.15, 0.2) is 6.07 Å². The molecule has 0 aromatic carbocycles. The summed E-state index contributed by atoms with van der Waals surface area (Å²) in [5, 5.41) is 0.541. The average molecular weight is 240 g/mol. The Balaban J connectivity index is 2.26. The fourth-order valence-corrected chi connectivity index (χ4v) is 2.50. The molecule has 1 aromatic rings. The molecule has 0 aliphatic carbocycles. The third-order valence-corrected chi connectivity index (χ3v) is 3.33. The lowest BCUT2D eigenvalue weighted by Gasteiger charge is -2.28. The molecular weight excluding hydrogens is 222 g/mol. The molecule has 1 aliphatic heterocycles. The molecule has 0 saturated carbocycles. The van der Waals surface area contributed by atoms with Crippen molar-refractivity contribution in [3.8, 4) is 0 Å². The second-order valence-electron chi connectivity index (χ2n) is 4.49. The first kappa shape index (κ1) is 11.6. The van der Waals surface area contributed by atoms with Crippen molar-refractivity contribution in [1.82, 2.24) is 9.97 Å². The Kier molecular flexibility index (Phi) is 3.64. The van der Waals surface area contributed by atoms with Crippen LogP contribution in [0.25, 0.3) is 0 Å². The van der Waals surface area contributed by atoms with Crippen molar-refractivity contribution in [1.29, 1.82) is 0 Å². The van der Waals surface area contributed by atoms with E-state index in [-0.39, 0.29) is 0 Å². The van der Waals surface area contributed by atoms with Crippen LogP contribution < -0.4 is 4.90 Å². The molecule has 0 spiro atoms. The number of anilines is 1. The van der Waals surface area contributed by atoms with Gasteiger partial charge in [0.1, 0.15) is 16.8 Å². The summed E-state index contributed by atoms with van der Waals surface area (Å²) in [6, 6.07) is 2.42. The van der Waals surface area contributed by atoms with E-state index in [9.17, 15) is 0 Å². The van der Waals surface area contributed by atoms with E-state index in [0.29, 0.717) is 11.2 Å². The lowest BCUT2D eigenvalue weighted by Crippen LogP contribution is -2.33. The minimum absolute atomic E-state index is 0.541. The van der Waals surface area contributed by atoms with Gasteiger partial charge in [0.05, 0.1) is 0 Å². The Labute approximate surface area is 102 Å². The maximum absolute atomic E-state index is 5.98. The zero-order valence-corrected chi connectivity index (χ0v) is 10.7. The van der Waals surface area contributed by atoms with Crippen molar-refractivity contribution >= 4 is 17.4 Å². The van der Waals surface area contributed by atoms with Gasteiger partial charge in [-0.3, -0.25) is 0 Å². The van der Waals surface area contributed by atoms with Gasteiger partial charge in [0, 0.05) is 18.7 Å². The monoisotopic (exact) mass is 239 g/mol. The molecule has 2 rings (SSSR count). The molecule has 88 valence electrons. The predicted molar refractivity (Wildman–Crippen MR) is 67.1 cm³/mol. The molecule has 1 aromatic heterocycles. The fourth-order valence-electron chi connectivity index (χ4n) is 2.28. The van der Waals surface area contributed by atoms with Gasteiger partial charge in [-0.05, 0) is 26.7 Å². The first-order chi connectivity index (χ1) is 7.66. The molecule has 1 atom stereocenters. The smallest absolute Gasteiger partial charge is 0.134 e. The van der Waals surface area contributed by atoms with Gasteiger partial charge in [0.15, 0.2) is 0 Å². The zero-order chi connectivity index (χ0) is 11.5. The highest BCUT2D eigenvalue weighted by atomic mass is 35.5. The van der Waals surface area contributed by atoms with Gasteiger partial charge < -0.3 is 4.90 Å². The van der Waals surface area contributed by atoms with Crippen LogP contribution in [-0.2, 0) is 0 Å². The van der Waals surface area contributed by atoms with E-state index in [2.05, 4.69) is 21.8 Å². The van der Waals surface area contributed by atoms with Crippen LogP contribution >= 0.6 is 11.6 Å². The minimum atomic E-state index is 0.541. The maximum Gasteiger partial charge on any atom is 0.134 e. The Morgan fingerprint density at radius 1 is 1.31 bits per heavy atom. The predicted octanol–water partition coefficient (Wildman–Crippen LogP) is 3.21. The van der Waals surface area contributed by atoms with Gasteiger partial charge in [-0.1, -0.05) is 24.4 Å². The summed E-state index contributed by atoms with van der Waals surface area (Å²) in [5.74, 6) is 1.73. The second kappa shape index (κ2) is 5.00. The molecule has 3 nitrogen and oxygen atoms in total. The fraction of sp³-hybridized carbons (Fsp3) is 0.667. The number of aromatic nitrogens is 2. The SMILES string of the molecule is Cc1nc(Cl)cc(N2CCCCCC2C)n1. The van der Waals surface area contributed by atoms with Gasteiger partial charge in [0.25, 0.3) is 0 Å². The summed E-state index contributed by atoms with van der Waals surface area (Å²) < 4.78 is 0. The summed E-state index contributed by atoms with van der Waals surface area (Å²) in [4.78, 5) is 10.9. The van der Waals surface area contributed by atoms with Crippen molar-refractivity contribution in [3.63, 3.8) is 0 Å². The molecule has 0 N–H and O–H groups in total. The normalized spacial score (nSPS) is 21.9. The van der Waals surface area contributed by atoms with Crippen molar-refractivity contribution in [2.75, 3.05) is 11.4 Å². The van der Waals surface area contributed by atoms with E-state index in [1.807, 2.05) is 13.0 Å². The number of halogens is 1. The molecule has 2 heterocycles. The molecule has 1 saturated heterocycles. The highest BCUT2D eigenvalue weighted by molar-refractivity contribution is 6.29. The van der Waals surface area contributed by atoms with E-state index in [4.69, 9.17) is 11.6 Å². The minimum Gasteiger partial charge on any atom is -0.354 e. The molecule has 0 bridgehead atoms. The van der Waals surface area contributed by atoms with Crippen LogP contribution in [0.1, 0.15) is 38.4 Å². The first-order valence-corrected chi connectivity index (χ1v) is 6.32. The van der Waals surface area contributed by atoms with E-state index >= 15 is 0 Å². The molecule has 1 aliphatic rings. The summed E-state index contributed by atoms with van der Waals surface area (Å²) >= 11 is 5.98. The molecule has 0 radical (unpaired) electrons. The zero-order valence-electron chi connectivity index (χ0n) is 9.91. The summed E-state index contributed by atoms with van der Waals surface area (Å²) in [6.07, 6.45) is 5.11. The van der Waals surface area contributed by atoms with Gasteiger partial charge in [-0.15, -0.1) is 0 Å². The second-order valence-corrected chi connectivity index (χ2v) is 4.88. The lowest BCUT2D eigenvalue weighted by atomic mass is 10.1. The van der Waals surface area contributed by atoms with Crippen LogP contribution in [-0.4, -0.2) is 22.6 Å². The number of nitrogens with zero attached hydrogens (tertiary/aromatic N) is 3. The number of rotatable bonds is 1. The molecule has 1 fully saturated rings. The number of hydrogen-bond acceptors (Lipinski definition) is 3. The van der Waals surface area contributed by atoms with Crippen LogP contribution in [0.3, 0.4) is 0 Å². The van der Waals surface area contributed by atoms with Crippen LogP contribution in [0.4, 0.5) is 5.82 Å². The summed E-state index contributed by atoms with van der Waals surface area (Å²) in [5.41, 5.74) is 0. The maximum atomic E-state index is 5.98. The largest absolute Gasteiger partial charge is 0.354 e. The number of aryl methyl sites for hydroxylation is 1. The first-order valence-electron chi connectivity index (χ1n) is 5.94. The third kappa shape index (κ3) is 2.64. The molecule has 16 heavy (non-hydrogen) atoms. The highest BCUT2D eigenvalue weighted by Gasteiger charge is 2.18. The van der Waals surface area contributed by atoms with Gasteiger partial charge >= 0.3 is 0 Å². The molecular formula is C12H18ClN3. The molecule has 1 unspecified atom stereocenters. The van der Waals surface area contributed by atoms with Gasteiger partial charge in [-0.25, -0.2) is 9.97 Å². The molecule has 0 amide bonds. The van der Waals surface area contributed by atoms with Crippen molar-refractivity contribution in [2.24, 2.45) is 0 Å². The van der Waals surface area contributed by atoms with E-state index < -0.39 is 0 Å². The van der Waals surface area contributed by atoms with Crippen LogP contribution in [0, 0.1) is 6.92 Å². The van der Waals surface area contributed by atoms with E-state index in [0.717, 1.165) is 18.2 Å². The highest BCUT2D eigenvalue weighted by Crippen LogP contribution is 2.23.